The first-order valence-corrected chi connectivity index (χ1v) is 13.9. The topological polar surface area (TPSA) is 104 Å². The predicted octanol–water partition coefficient (Wildman–Crippen LogP) is 3.94. The van der Waals surface area contributed by atoms with Crippen LogP contribution in [0.4, 0.5) is 15.9 Å². The van der Waals surface area contributed by atoms with Gasteiger partial charge in [-0.2, -0.15) is 0 Å². The second-order valence-electron chi connectivity index (χ2n) is 11.3. The van der Waals surface area contributed by atoms with Crippen molar-refractivity contribution in [1.82, 2.24) is 20.2 Å². The highest BCUT2D eigenvalue weighted by molar-refractivity contribution is 5.93. The van der Waals surface area contributed by atoms with Gasteiger partial charge >= 0.3 is 0 Å². The van der Waals surface area contributed by atoms with Crippen LogP contribution in [-0.4, -0.2) is 52.4 Å². The molecule has 0 radical (unpaired) electrons. The number of amides is 2. The summed E-state index contributed by atoms with van der Waals surface area (Å²) in [5.41, 5.74) is 7.51. The van der Waals surface area contributed by atoms with E-state index >= 15 is 0 Å². The van der Waals surface area contributed by atoms with Gasteiger partial charge in [-0.25, -0.2) is 14.4 Å². The fourth-order valence-corrected chi connectivity index (χ4v) is 6.83. The Kier molecular flexibility index (Phi) is 7.40. The van der Waals surface area contributed by atoms with Crippen LogP contribution in [0.15, 0.2) is 24.3 Å². The Hall–Kier alpha value is -3.07. The van der Waals surface area contributed by atoms with Crippen molar-refractivity contribution in [3.05, 3.63) is 47.2 Å². The number of fused-ring (bicyclic) bond motifs is 1. The van der Waals surface area contributed by atoms with Gasteiger partial charge in [0.25, 0.3) is 0 Å². The van der Waals surface area contributed by atoms with Gasteiger partial charge in [0.1, 0.15) is 23.0 Å². The maximum absolute atomic E-state index is 14.3. The zero-order valence-electron chi connectivity index (χ0n) is 22.7. The van der Waals surface area contributed by atoms with Gasteiger partial charge in [0, 0.05) is 24.8 Å². The lowest BCUT2D eigenvalue weighted by molar-refractivity contribution is -0.147. The van der Waals surface area contributed by atoms with Crippen molar-refractivity contribution in [2.45, 2.75) is 76.8 Å². The largest absolute Gasteiger partial charge is 0.368 e. The minimum Gasteiger partial charge on any atom is -0.368 e. The molecule has 8 nitrogen and oxygen atoms in total. The highest BCUT2D eigenvalue weighted by Crippen LogP contribution is 2.42. The molecule has 2 amide bonds. The van der Waals surface area contributed by atoms with Crippen LogP contribution in [0, 0.1) is 24.6 Å². The van der Waals surface area contributed by atoms with Gasteiger partial charge in [-0.05, 0) is 82.7 Å². The molecular weight excluding hydrogens is 483 g/mol. The molecule has 0 spiro atoms. The Morgan fingerprint density at radius 2 is 1.87 bits per heavy atom. The highest BCUT2D eigenvalue weighted by Gasteiger charge is 2.50. The number of likely N-dealkylation sites (tertiary alicyclic amines) is 1. The van der Waals surface area contributed by atoms with E-state index in [0.29, 0.717) is 18.9 Å². The molecule has 3 atom stereocenters. The summed E-state index contributed by atoms with van der Waals surface area (Å²) in [4.78, 5) is 40.6. The SMILES string of the molecule is CNC(C)(C(N)=O)[C@@H](C(=O)N1CCC[C@H]1c1cc(N2CCc3cc(F)ccc32)nc(C)n1)C1CCCCC1. The molecule has 3 N–H and O–H groups in total. The number of nitrogens with one attached hydrogen (secondary N) is 1. The Labute approximate surface area is 224 Å². The molecule has 3 aliphatic rings. The summed E-state index contributed by atoms with van der Waals surface area (Å²) in [6.07, 6.45) is 7.54. The molecule has 1 unspecified atom stereocenters. The molecule has 1 saturated heterocycles. The number of hydrogen-bond donors (Lipinski definition) is 2. The number of hydrogen-bond acceptors (Lipinski definition) is 6. The molecular formula is C29H39FN6O2. The summed E-state index contributed by atoms with van der Waals surface area (Å²) in [6.45, 7) is 4.98. The maximum atomic E-state index is 14.3. The van der Waals surface area contributed by atoms with Gasteiger partial charge in [0.05, 0.1) is 17.7 Å². The normalized spacial score (nSPS) is 22.3. The zero-order chi connectivity index (χ0) is 27.0. The molecule has 204 valence electrons. The van der Waals surface area contributed by atoms with E-state index in [4.69, 9.17) is 15.7 Å². The number of nitrogens with zero attached hydrogens (tertiary/aromatic N) is 4. The van der Waals surface area contributed by atoms with Crippen LogP contribution < -0.4 is 16.0 Å². The van der Waals surface area contributed by atoms with Gasteiger partial charge in [-0.3, -0.25) is 9.59 Å². The fourth-order valence-electron chi connectivity index (χ4n) is 6.83. The van der Waals surface area contributed by atoms with Gasteiger partial charge in [-0.1, -0.05) is 19.3 Å². The van der Waals surface area contributed by atoms with E-state index in [0.717, 1.165) is 74.1 Å². The number of aryl methyl sites for hydroxylation is 1. The number of carbonyl (C=O) groups excluding carboxylic acids is 2. The average Bonchev–Trinajstić information content (AvgIpc) is 3.56. The number of carbonyl (C=O) groups is 2. The number of anilines is 2. The molecule has 2 aromatic rings. The van der Waals surface area contributed by atoms with E-state index < -0.39 is 17.4 Å². The van der Waals surface area contributed by atoms with Crippen LogP contribution in [0.25, 0.3) is 0 Å². The number of likely N-dealkylation sites (N-methyl/N-ethyl adjacent to an activating group) is 1. The lowest BCUT2D eigenvalue weighted by Crippen LogP contribution is -2.63. The molecule has 1 aromatic heterocycles. The summed E-state index contributed by atoms with van der Waals surface area (Å²) in [5.74, 6) is 0.216. The molecule has 1 aromatic carbocycles. The molecule has 38 heavy (non-hydrogen) atoms. The molecule has 3 heterocycles. The lowest BCUT2D eigenvalue weighted by Gasteiger charge is -2.42. The second kappa shape index (κ2) is 10.6. The first kappa shape index (κ1) is 26.5. The van der Waals surface area contributed by atoms with Crippen LogP contribution in [0.2, 0.25) is 0 Å². The van der Waals surface area contributed by atoms with Crippen LogP contribution in [-0.2, 0) is 16.0 Å². The van der Waals surface area contributed by atoms with Gasteiger partial charge < -0.3 is 20.9 Å². The standard InChI is InChI=1S/C29H39FN6O2/c1-18-33-22(17-25(34-18)35-15-13-20-16-21(30)11-12-23(20)35)24-10-7-14-36(24)27(37)26(19-8-5-4-6-9-19)29(2,32-3)28(31)38/h11-12,16-17,19,24,26,32H,4-10,13-15H2,1-3H3,(H2,31,38)/t24-,26+,29?/m0/s1. The Morgan fingerprint density at radius 1 is 1.11 bits per heavy atom. The minimum absolute atomic E-state index is 0.0186. The number of benzene rings is 1. The quantitative estimate of drug-likeness (QED) is 0.571. The Bertz CT molecular complexity index is 1220. The minimum atomic E-state index is -1.13. The Balaban J connectivity index is 1.47. The van der Waals surface area contributed by atoms with Crippen molar-refractivity contribution in [2.75, 3.05) is 25.0 Å². The second-order valence-corrected chi connectivity index (χ2v) is 11.3. The van der Waals surface area contributed by atoms with E-state index in [9.17, 15) is 14.0 Å². The molecule has 5 rings (SSSR count). The van der Waals surface area contributed by atoms with E-state index in [-0.39, 0.29) is 23.7 Å². The molecule has 9 heteroatoms. The van der Waals surface area contributed by atoms with Gasteiger partial charge in [0.2, 0.25) is 11.8 Å². The number of primary amides is 1. The average molecular weight is 523 g/mol. The number of halogens is 1. The molecule has 1 saturated carbocycles. The van der Waals surface area contributed by atoms with E-state index in [1.807, 2.05) is 17.9 Å². The van der Waals surface area contributed by atoms with Crippen molar-refractivity contribution < 1.29 is 14.0 Å². The van der Waals surface area contributed by atoms with Crippen LogP contribution >= 0.6 is 0 Å². The smallest absolute Gasteiger partial charge is 0.238 e. The fraction of sp³-hybridized carbons (Fsp3) is 0.586. The third-order valence-electron chi connectivity index (χ3n) is 8.98. The van der Waals surface area contributed by atoms with Crippen LogP contribution in [0.3, 0.4) is 0 Å². The number of rotatable bonds is 7. The van der Waals surface area contributed by atoms with E-state index in [1.54, 1.807) is 26.1 Å². The van der Waals surface area contributed by atoms with Gasteiger partial charge in [0.15, 0.2) is 0 Å². The van der Waals surface area contributed by atoms with Crippen molar-refractivity contribution >= 4 is 23.3 Å². The number of aromatic nitrogens is 2. The lowest BCUT2D eigenvalue weighted by atomic mass is 9.69. The third-order valence-corrected chi connectivity index (χ3v) is 8.98. The summed E-state index contributed by atoms with van der Waals surface area (Å²) < 4.78 is 13.8. The first-order valence-electron chi connectivity index (χ1n) is 13.9. The third kappa shape index (κ3) is 4.77. The maximum Gasteiger partial charge on any atom is 0.238 e. The van der Waals surface area contributed by atoms with E-state index in [2.05, 4.69) is 10.2 Å². The first-order chi connectivity index (χ1) is 18.2. The van der Waals surface area contributed by atoms with Crippen LogP contribution in [0.5, 0.6) is 0 Å². The summed E-state index contributed by atoms with van der Waals surface area (Å²) in [7, 11) is 1.72. The van der Waals surface area contributed by atoms with Crippen molar-refractivity contribution in [3.63, 3.8) is 0 Å². The molecule has 2 fully saturated rings. The number of nitrogens with two attached hydrogens (primary N) is 1. The highest BCUT2D eigenvalue weighted by atomic mass is 19.1. The molecule has 0 bridgehead atoms. The van der Waals surface area contributed by atoms with Crippen molar-refractivity contribution in [3.8, 4) is 0 Å². The van der Waals surface area contributed by atoms with Crippen LogP contribution in [0.1, 0.15) is 75.0 Å². The molecule has 2 aliphatic heterocycles. The monoisotopic (exact) mass is 522 g/mol. The van der Waals surface area contributed by atoms with Crippen molar-refractivity contribution in [1.29, 1.82) is 0 Å². The molecule has 1 aliphatic carbocycles. The summed E-state index contributed by atoms with van der Waals surface area (Å²) >= 11 is 0. The summed E-state index contributed by atoms with van der Waals surface area (Å²) in [5, 5.41) is 3.12. The summed E-state index contributed by atoms with van der Waals surface area (Å²) in [6, 6.07) is 6.65. The van der Waals surface area contributed by atoms with Gasteiger partial charge in [-0.15, -0.1) is 0 Å². The zero-order valence-corrected chi connectivity index (χ0v) is 22.7. The van der Waals surface area contributed by atoms with E-state index in [1.165, 1.54) is 6.07 Å². The van der Waals surface area contributed by atoms with Crippen molar-refractivity contribution in [2.24, 2.45) is 17.6 Å². The predicted molar refractivity (Wildman–Crippen MR) is 144 cm³/mol. The Morgan fingerprint density at radius 3 is 2.58 bits per heavy atom.